The second-order valence-electron chi connectivity index (χ2n) is 6.41. The second-order valence-corrected chi connectivity index (χ2v) is 6.41. The minimum atomic E-state index is 0.0243. The van der Waals surface area contributed by atoms with Crippen LogP contribution in [0.15, 0.2) is 42.5 Å². The first kappa shape index (κ1) is 17.9. The van der Waals surface area contributed by atoms with Gasteiger partial charge in [-0.2, -0.15) is 5.10 Å². The van der Waals surface area contributed by atoms with E-state index in [0.29, 0.717) is 12.1 Å². The van der Waals surface area contributed by atoms with Crippen molar-refractivity contribution in [3.8, 4) is 5.75 Å². The Balaban J connectivity index is 1.53. The largest absolute Gasteiger partial charge is 0.497 e. The van der Waals surface area contributed by atoms with Gasteiger partial charge >= 0.3 is 0 Å². The van der Waals surface area contributed by atoms with Crippen LogP contribution in [0.4, 0.5) is 0 Å². The number of carbonyl (C=O) groups is 1. The number of hydrogen-bond donors (Lipinski definition) is 2. The molecular formula is C20H24N4O2. The number of aromatic nitrogens is 2. The molecule has 0 saturated carbocycles. The van der Waals surface area contributed by atoms with Crippen LogP contribution in [-0.2, 0) is 13.0 Å². The molecular weight excluding hydrogens is 328 g/mol. The molecule has 0 unspecified atom stereocenters. The summed E-state index contributed by atoms with van der Waals surface area (Å²) in [5.41, 5.74) is 3.89. The van der Waals surface area contributed by atoms with Crippen LogP contribution in [0.3, 0.4) is 0 Å². The molecule has 26 heavy (non-hydrogen) atoms. The molecule has 1 amide bonds. The summed E-state index contributed by atoms with van der Waals surface area (Å²) in [6.45, 7) is 1.55. The van der Waals surface area contributed by atoms with Crippen LogP contribution in [0.5, 0.6) is 5.75 Å². The van der Waals surface area contributed by atoms with Crippen molar-refractivity contribution in [3.63, 3.8) is 0 Å². The molecule has 3 aromatic rings. The third-order valence-electron chi connectivity index (χ3n) is 4.34. The van der Waals surface area contributed by atoms with E-state index in [9.17, 15) is 4.79 Å². The van der Waals surface area contributed by atoms with Crippen LogP contribution < -0.4 is 10.1 Å². The molecule has 0 spiro atoms. The number of carbonyl (C=O) groups excluding carboxylic acids is 1. The summed E-state index contributed by atoms with van der Waals surface area (Å²) in [5.74, 6) is 0.851. The molecule has 0 aliphatic rings. The lowest BCUT2D eigenvalue weighted by Crippen LogP contribution is -2.21. The maximum Gasteiger partial charge on any atom is 0.253 e. The van der Waals surface area contributed by atoms with Gasteiger partial charge in [0.1, 0.15) is 5.75 Å². The Kier molecular flexibility index (Phi) is 5.53. The van der Waals surface area contributed by atoms with Crippen molar-refractivity contribution >= 4 is 16.8 Å². The number of methoxy groups -OCH3 is 1. The lowest BCUT2D eigenvalue weighted by atomic mass is 10.1. The standard InChI is InChI=1S/C20H24N4O2/c1-24(2)20(25)15-6-4-14(5-7-15)10-11-21-13-19-17-12-16(26-3)8-9-18(17)22-23-19/h4-9,12,21H,10-11,13H2,1-3H3,(H,22,23). The Hall–Kier alpha value is -2.86. The fourth-order valence-electron chi connectivity index (χ4n) is 2.82. The molecule has 6 heteroatoms. The van der Waals surface area contributed by atoms with Crippen LogP contribution in [0.2, 0.25) is 0 Å². The van der Waals surface area contributed by atoms with Gasteiger partial charge in [-0.1, -0.05) is 12.1 Å². The molecule has 0 aliphatic heterocycles. The third kappa shape index (κ3) is 4.03. The average Bonchev–Trinajstić information content (AvgIpc) is 3.07. The fourth-order valence-corrected chi connectivity index (χ4v) is 2.82. The van der Waals surface area contributed by atoms with Crippen molar-refractivity contribution in [2.24, 2.45) is 0 Å². The van der Waals surface area contributed by atoms with Gasteiger partial charge in [0, 0.05) is 31.6 Å². The van der Waals surface area contributed by atoms with Crippen molar-refractivity contribution in [1.82, 2.24) is 20.4 Å². The van der Waals surface area contributed by atoms with Gasteiger partial charge in [-0.25, -0.2) is 0 Å². The number of aromatic amines is 1. The predicted octanol–water partition coefficient (Wildman–Crippen LogP) is 2.61. The van der Waals surface area contributed by atoms with Gasteiger partial charge in [-0.05, 0) is 48.9 Å². The fraction of sp³-hybridized carbons (Fsp3) is 0.300. The zero-order valence-electron chi connectivity index (χ0n) is 15.4. The van der Waals surface area contributed by atoms with E-state index in [2.05, 4.69) is 15.5 Å². The number of nitrogens with one attached hydrogen (secondary N) is 2. The Morgan fingerprint density at radius 2 is 1.96 bits per heavy atom. The first-order valence-electron chi connectivity index (χ1n) is 8.61. The van der Waals surface area contributed by atoms with Crippen molar-refractivity contribution in [2.45, 2.75) is 13.0 Å². The van der Waals surface area contributed by atoms with Gasteiger partial charge in [0.05, 0.1) is 18.3 Å². The zero-order valence-corrected chi connectivity index (χ0v) is 15.4. The van der Waals surface area contributed by atoms with E-state index in [1.807, 2.05) is 42.5 Å². The maximum absolute atomic E-state index is 11.9. The number of amides is 1. The number of rotatable bonds is 7. The van der Waals surface area contributed by atoms with Crippen LogP contribution in [0.25, 0.3) is 10.9 Å². The molecule has 0 fully saturated rings. The van der Waals surface area contributed by atoms with Crippen LogP contribution in [-0.4, -0.2) is 48.8 Å². The molecule has 1 aromatic heterocycles. The molecule has 6 nitrogen and oxygen atoms in total. The van der Waals surface area contributed by atoms with Gasteiger partial charge in [-0.15, -0.1) is 0 Å². The van der Waals surface area contributed by atoms with Gasteiger partial charge in [-0.3, -0.25) is 9.89 Å². The highest BCUT2D eigenvalue weighted by Gasteiger charge is 2.08. The number of ether oxygens (including phenoxy) is 1. The van der Waals surface area contributed by atoms with Crippen LogP contribution >= 0.6 is 0 Å². The molecule has 1 heterocycles. The topological polar surface area (TPSA) is 70.2 Å². The minimum Gasteiger partial charge on any atom is -0.497 e. The number of benzene rings is 2. The molecule has 0 radical (unpaired) electrons. The zero-order chi connectivity index (χ0) is 18.5. The number of nitrogens with zero attached hydrogens (tertiary/aromatic N) is 2. The Morgan fingerprint density at radius 1 is 1.19 bits per heavy atom. The summed E-state index contributed by atoms with van der Waals surface area (Å²) >= 11 is 0. The van der Waals surface area contributed by atoms with Gasteiger partial charge in [0.25, 0.3) is 5.91 Å². The Morgan fingerprint density at radius 3 is 2.65 bits per heavy atom. The van der Waals surface area contributed by atoms with E-state index in [4.69, 9.17) is 4.74 Å². The predicted molar refractivity (Wildman–Crippen MR) is 103 cm³/mol. The summed E-state index contributed by atoms with van der Waals surface area (Å²) in [6.07, 6.45) is 0.895. The molecule has 0 atom stereocenters. The van der Waals surface area contributed by atoms with Gasteiger partial charge in [0.2, 0.25) is 0 Å². The molecule has 0 saturated heterocycles. The minimum absolute atomic E-state index is 0.0243. The monoisotopic (exact) mass is 352 g/mol. The lowest BCUT2D eigenvalue weighted by Gasteiger charge is -2.10. The molecule has 0 bridgehead atoms. The number of hydrogen-bond acceptors (Lipinski definition) is 4. The number of H-pyrrole nitrogens is 1. The average molecular weight is 352 g/mol. The Bertz CT molecular complexity index is 884. The Labute approximate surface area is 153 Å². The van der Waals surface area contributed by atoms with Crippen LogP contribution in [0.1, 0.15) is 21.6 Å². The summed E-state index contributed by atoms with van der Waals surface area (Å²) in [4.78, 5) is 13.5. The van der Waals surface area contributed by atoms with E-state index in [1.165, 1.54) is 5.56 Å². The van der Waals surface area contributed by atoms with E-state index in [0.717, 1.165) is 35.3 Å². The van der Waals surface area contributed by atoms with Gasteiger partial charge < -0.3 is 15.0 Å². The quantitative estimate of drug-likeness (QED) is 0.641. The summed E-state index contributed by atoms with van der Waals surface area (Å²) in [6, 6.07) is 13.6. The maximum atomic E-state index is 11.9. The second kappa shape index (κ2) is 8.01. The first-order valence-corrected chi connectivity index (χ1v) is 8.61. The summed E-state index contributed by atoms with van der Waals surface area (Å²) in [5, 5.41) is 11.9. The smallest absolute Gasteiger partial charge is 0.253 e. The lowest BCUT2D eigenvalue weighted by molar-refractivity contribution is 0.0827. The third-order valence-corrected chi connectivity index (χ3v) is 4.34. The van der Waals surface area contributed by atoms with E-state index in [-0.39, 0.29) is 5.91 Å². The molecule has 136 valence electrons. The van der Waals surface area contributed by atoms with E-state index in [1.54, 1.807) is 26.1 Å². The first-order chi connectivity index (χ1) is 12.6. The van der Waals surface area contributed by atoms with E-state index < -0.39 is 0 Å². The van der Waals surface area contributed by atoms with Crippen molar-refractivity contribution in [3.05, 3.63) is 59.3 Å². The molecule has 2 N–H and O–H groups in total. The van der Waals surface area contributed by atoms with Crippen molar-refractivity contribution in [1.29, 1.82) is 0 Å². The highest BCUT2D eigenvalue weighted by molar-refractivity contribution is 5.93. The SMILES string of the molecule is COc1ccc2n[nH]c(CNCCc3ccc(C(=O)N(C)C)cc3)c2c1. The van der Waals surface area contributed by atoms with Crippen LogP contribution in [0, 0.1) is 0 Å². The molecule has 3 rings (SSSR count). The van der Waals surface area contributed by atoms with Crippen molar-refractivity contribution < 1.29 is 9.53 Å². The summed E-state index contributed by atoms with van der Waals surface area (Å²) in [7, 11) is 5.18. The van der Waals surface area contributed by atoms with E-state index >= 15 is 0 Å². The highest BCUT2D eigenvalue weighted by atomic mass is 16.5. The molecule has 2 aromatic carbocycles. The highest BCUT2D eigenvalue weighted by Crippen LogP contribution is 2.21. The normalized spacial score (nSPS) is 10.9. The number of fused-ring (bicyclic) bond motifs is 1. The summed E-state index contributed by atoms with van der Waals surface area (Å²) < 4.78 is 5.28. The van der Waals surface area contributed by atoms with Gasteiger partial charge in [0.15, 0.2) is 0 Å². The van der Waals surface area contributed by atoms with Crippen molar-refractivity contribution in [2.75, 3.05) is 27.7 Å². The molecule has 0 aliphatic carbocycles.